The van der Waals surface area contributed by atoms with Crippen LogP contribution in [-0.4, -0.2) is 32.4 Å². The van der Waals surface area contributed by atoms with Gasteiger partial charge in [0.2, 0.25) is 5.91 Å². The van der Waals surface area contributed by atoms with Crippen molar-refractivity contribution in [3.63, 3.8) is 0 Å². The maximum atomic E-state index is 12.2. The Kier molecular flexibility index (Phi) is 4.75. The summed E-state index contributed by atoms with van der Waals surface area (Å²) in [5.74, 6) is 0.188. The Morgan fingerprint density at radius 1 is 1.23 bits per heavy atom. The van der Waals surface area contributed by atoms with Gasteiger partial charge in [-0.3, -0.25) is 4.79 Å². The number of thiophene rings is 1. The molecule has 1 N–H and O–H groups in total. The maximum absolute atomic E-state index is 12.2. The molecule has 2 aliphatic heterocycles. The standard InChI is InChI=1S/C19H22N2O3S2/c22-19(11-14-7-10-26(23,24)13-14)20-16-1-3-17(4-2-16)21-8-5-18-15(12-21)6-9-25-18/h1-4,6,9,14H,5,7-8,10-13H2,(H,20,22). The Hall–Kier alpha value is -1.86. The molecule has 1 fully saturated rings. The van der Waals surface area contributed by atoms with Gasteiger partial charge in [-0.25, -0.2) is 8.42 Å². The van der Waals surface area contributed by atoms with Crippen molar-refractivity contribution in [2.24, 2.45) is 5.92 Å². The molecule has 0 bridgehead atoms. The molecule has 0 spiro atoms. The lowest BCUT2D eigenvalue weighted by molar-refractivity contribution is -0.116. The van der Waals surface area contributed by atoms with Crippen LogP contribution in [0.5, 0.6) is 0 Å². The quantitative estimate of drug-likeness (QED) is 0.871. The molecule has 4 rings (SSSR count). The monoisotopic (exact) mass is 390 g/mol. The maximum Gasteiger partial charge on any atom is 0.224 e. The third-order valence-electron chi connectivity index (χ3n) is 5.12. The Morgan fingerprint density at radius 3 is 2.77 bits per heavy atom. The van der Waals surface area contributed by atoms with Gasteiger partial charge >= 0.3 is 0 Å². The summed E-state index contributed by atoms with van der Waals surface area (Å²) in [7, 11) is -2.93. The van der Waals surface area contributed by atoms with Crippen LogP contribution in [0.15, 0.2) is 35.7 Å². The minimum atomic E-state index is -2.93. The lowest BCUT2D eigenvalue weighted by atomic mass is 10.0. The van der Waals surface area contributed by atoms with E-state index < -0.39 is 9.84 Å². The van der Waals surface area contributed by atoms with Gasteiger partial charge in [0.25, 0.3) is 0 Å². The third kappa shape index (κ3) is 3.94. The van der Waals surface area contributed by atoms with Crippen LogP contribution in [0.2, 0.25) is 0 Å². The Balaban J connectivity index is 1.34. The highest BCUT2D eigenvalue weighted by Gasteiger charge is 2.29. The zero-order chi connectivity index (χ0) is 18.1. The molecule has 0 saturated carbocycles. The van der Waals surface area contributed by atoms with Crippen molar-refractivity contribution in [1.29, 1.82) is 0 Å². The Labute approximate surface area is 157 Å². The van der Waals surface area contributed by atoms with Gasteiger partial charge < -0.3 is 10.2 Å². The molecule has 3 heterocycles. The number of fused-ring (bicyclic) bond motifs is 1. The van der Waals surface area contributed by atoms with Gasteiger partial charge in [0.05, 0.1) is 11.5 Å². The molecule has 2 aromatic rings. The molecule has 0 radical (unpaired) electrons. The van der Waals surface area contributed by atoms with E-state index >= 15 is 0 Å². The SMILES string of the molecule is O=C(CC1CCS(=O)(=O)C1)Nc1ccc(N2CCc3sccc3C2)cc1. The predicted molar refractivity (Wildman–Crippen MR) is 106 cm³/mol. The first kappa shape index (κ1) is 17.5. The zero-order valence-electron chi connectivity index (χ0n) is 14.5. The van der Waals surface area contributed by atoms with Crippen LogP contribution in [0.1, 0.15) is 23.3 Å². The number of nitrogens with zero attached hydrogens (tertiary/aromatic N) is 1. The highest BCUT2D eigenvalue weighted by molar-refractivity contribution is 7.91. The second-order valence-electron chi connectivity index (χ2n) is 7.11. The van der Waals surface area contributed by atoms with Gasteiger partial charge in [0.15, 0.2) is 9.84 Å². The molecule has 2 aliphatic rings. The fourth-order valence-electron chi connectivity index (χ4n) is 3.73. The van der Waals surface area contributed by atoms with E-state index in [2.05, 4.69) is 21.7 Å². The number of carbonyl (C=O) groups excluding carboxylic acids is 1. The molecule has 0 aliphatic carbocycles. The average Bonchev–Trinajstić information content (AvgIpc) is 3.20. The van der Waals surface area contributed by atoms with Gasteiger partial charge in [0.1, 0.15) is 0 Å². The molecule has 5 nitrogen and oxygen atoms in total. The van der Waals surface area contributed by atoms with Crippen LogP contribution in [0.4, 0.5) is 11.4 Å². The lowest BCUT2D eigenvalue weighted by Crippen LogP contribution is -2.29. The van der Waals surface area contributed by atoms with Crippen LogP contribution in [0, 0.1) is 5.92 Å². The largest absolute Gasteiger partial charge is 0.367 e. The van der Waals surface area contributed by atoms with Crippen molar-refractivity contribution in [2.45, 2.75) is 25.8 Å². The fourth-order valence-corrected chi connectivity index (χ4v) is 6.48. The third-order valence-corrected chi connectivity index (χ3v) is 7.98. The molecular formula is C19H22N2O3S2. The molecule has 1 aromatic carbocycles. The summed E-state index contributed by atoms with van der Waals surface area (Å²) in [6.07, 6.45) is 1.94. The number of carbonyl (C=O) groups is 1. The van der Waals surface area contributed by atoms with Gasteiger partial charge in [-0.1, -0.05) is 0 Å². The summed E-state index contributed by atoms with van der Waals surface area (Å²) in [6.45, 7) is 1.94. The molecule has 1 saturated heterocycles. The van der Waals surface area contributed by atoms with Crippen molar-refractivity contribution in [3.05, 3.63) is 46.2 Å². The number of benzene rings is 1. The Morgan fingerprint density at radius 2 is 2.04 bits per heavy atom. The Bertz CT molecular complexity index is 903. The van der Waals surface area contributed by atoms with Gasteiger partial charge in [-0.05, 0) is 60.0 Å². The van der Waals surface area contributed by atoms with Crippen LogP contribution in [0.25, 0.3) is 0 Å². The van der Waals surface area contributed by atoms with Crippen LogP contribution in [0.3, 0.4) is 0 Å². The van der Waals surface area contributed by atoms with Gasteiger partial charge in [-0.2, -0.15) is 0 Å². The number of nitrogens with one attached hydrogen (secondary N) is 1. The van der Waals surface area contributed by atoms with Crippen LogP contribution >= 0.6 is 11.3 Å². The van der Waals surface area contributed by atoms with E-state index in [0.29, 0.717) is 6.42 Å². The summed E-state index contributed by atoms with van der Waals surface area (Å²) in [5, 5.41) is 5.04. The second-order valence-corrected chi connectivity index (χ2v) is 10.3. The molecule has 26 heavy (non-hydrogen) atoms. The van der Waals surface area contributed by atoms with E-state index in [-0.39, 0.29) is 29.8 Å². The van der Waals surface area contributed by atoms with Gasteiger partial charge in [-0.15, -0.1) is 11.3 Å². The van der Waals surface area contributed by atoms with Crippen molar-refractivity contribution >= 4 is 38.5 Å². The van der Waals surface area contributed by atoms with E-state index in [1.807, 2.05) is 35.6 Å². The summed E-state index contributed by atoms with van der Waals surface area (Å²) in [6, 6.07) is 10.1. The summed E-state index contributed by atoms with van der Waals surface area (Å²) >= 11 is 1.83. The first-order valence-corrected chi connectivity index (χ1v) is 11.6. The topological polar surface area (TPSA) is 66.5 Å². The highest BCUT2D eigenvalue weighted by atomic mass is 32.2. The normalized spacial score (nSPS) is 21.4. The average molecular weight is 391 g/mol. The predicted octanol–water partition coefficient (Wildman–Crippen LogP) is 3.07. The van der Waals surface area contributed by atoms with E-state index in [9.17, 15) is 13.2 Å². The smallest absolute Gasteiger partial charge is 0.224 e. The fraction of sp³-hybridized carbons (Fsp3) is 0.421. The number of hydrogen-bond donors (Lipinski definition) is 1. The number of hydrogen-bond acceptors (Lipinski definition) is 5. The van der Waals surface area contributed by atoms with E-state index in [0.717, 1.165) is 30.9 Å². The van der Waals surface area contributed by atoms with Gasteiger partial charge in [0, 0.05) is 35.8 Å². The summed E-state index contributed by atoms with van der Waals surface area (Å²) < 4.78 is 23.0. The number of anilines is 2. The first-order chi connectivity index (χ1) is 12.5. The number of sulfone groups is 1. The van der Waals surface area contributed by atoms with Crippen LogP contribution < -0.4 is 10.2 Å². The number of amides is 1. The molecule has 1 atom stereocenters. The minimum absolute atomic E-state index is 0.0487. The van der Waals surface area contributed by atoms with Crippen molar-refractivity contribution in [3.8, 4) is 0 Å². The zero-order valence-corrected chi connectivity index (χ0v) is 16.1. The molecule has 1 amide bonds. The number of rotatable bonds is 4. The van der Waals surface area contributed by atoms with E-state index in [1.54, 1.807) is 0 Å². The molecule has 1 aromatic heterocycles. The van der Waals surface area contributed by atoms with E-state index in [1.165, 1.54) is 10.4 Å². The molecule has 1 unspecified atom stereocenters. The van der Waals surface area contributed by atoms with E-state index in [4.69, 9.17) is 0 Å². The first-order valence-electron chi connectivity index (χ1n) is 8.89. The summed E-state index contributed by atoms with van der Waals surface area (Å²) in [5.41, 5.74) is 3.32. The van der Waals surface area contributed by atoms with Crippen molar-refractivity contribution in [1.82, 2.24) is 0 Å². The van der Waals surface area contributed by atoms with Crippen LogP contribution in [-0.2, 0) is 27.6 Å². The summed E-state index contributed by atoms with van der Waals surface area (Å²) in [4.78, 5) is 16.0. The highest BCUT2D eigenvalue weighted by Crippen LogP contribution is 2.28. The van der Waals surface area contributed by atoms with Crippen molar-refractivity contribution in [2.75, 3.05) is 28.3 Å². The second kappa shape index (κ2) is 7.04. The minimum Gasteiger partial charge on any atom is -0.367 e. The molecule has 7 heteroatoms. The van der Waals surface area contributed by atoms with Crippen molar-refractivity contribution < 1.29 is 13.2 Å². The molecular weight excluding hydrogens is 368 g/mol. The molecule has 138 valence electrons. The lowest BCUT2D eigenvalue weighted by Gasteiger charge is -2.29.